The number of hydrogen-bond acceptors (Lipinski definition) is 5. The molecule has 152 valence electrons. The molecule has 2 aromatic heterocycles. The standard InChI is InChI=1S/C23H29N5O/c1-17-25-20-8-5-11-24-23(20)28(17)19-9-12-27(13-10-19)21-15-26(16-22(21)29)14-18-6-3-2-4-7-18/h2-8,11,19,21-22,29H,9-10,12-16H2,1H3. The third-order valence-electron chi connectivity index (χ3n) is 6.54. The van der Waals surface area contributed by atoms with Crippen LogP contribution in [0.15, 0.2) is 48.7 Å². The number of rotatable bonds is 4. The minimum absolute atomic E-state index is 0.235. The normalized spacial score (nSPS) is 24.5. The summed E-state index contributed by atoms with van der Waals surface area (Å²) in [5, 5.41) is 10.7. The van der Waals surface area contributed by atoms with E-state index in [1.807, 2.05) is 18.3 Å². The van der Waals surface area contributed by atoms with Gasteiger partial charge in [-0.3, -0.25) is 9.80 Å². The van der Waals surface area contributed by atoms with Gasteiger partial charge >= 0.3 is 0 Å². The van der Waals surface area contributed by atoms with Crippen LogP contribution in [-0.4, -0.2) is 67.8 Å². The van der Waals surface area contributed by atoms with Crippen LogP contribution in [0.5, 0.6) is 0 Å². The van der Waals surface area contributed by atoms with Crippen molar-refractivity contribution >= 4 is 11.2 Å². The first-order valence-electron chi connectivity index (χ1n) is 10.7. The number of aromatic nitrogens is 3. The Bertz CT molecular complexity index is 964. The fourth-order valence-electron chi connectivity index (χ4n) is 5.13. The first kappa shape index (κ1) is 18.7. The topological polar surface area (TPSA) is 57.4 Å². The summed E-state index contributed by atoms with van der Waals surface area (Å²) in [6.45, 7) is 6.71. The van der Waals surface area contributed by atoms with Crippen molar-refractivity contribution in [3.05, 3.63) is 60.0 Å². The van der Waals surface area contributed by atoms with Crippen LogP contribution in [0.2, 0.25) is 0 Å². The minimum atomic E-state index is -0.271. The Morgan fingerprint density at radius 3 is 2.62 bits per heavy atom. The fraction of sp³-hybridized carbons (Fsp3) is 0.478. The van der Waals surface area contributed by atoms with Gasteiger partial charge in [-0.2, -0.15) is 0 Å². The van der Waals surface area contributed by atoms with Gasteiger partial charge in [0.1, 0.15) is 11.3 Å². The molecule has 1 N–H and O–H groups in total. The van der Waals surface area contributed by atoms with E-state index in [1.165, 1.54) is 5.56 Å². The highest BCUT2D eigenvalue weighted by atomic mass is 16.3. The number of imidazole rings is 1. The molecule has 3 aromatic rings. The Balaban J connectivity index is 1.23. The molecule has 2 aliphatic rings. The molecule has 0 saturated carbocycles. The van der Waals surface area contributed by atoms with E-state index in [-0.39, 0.29) is 12.1 Å². The van der Waals surface area contributed by atoms with Gasteiger partial charge in [-0.05, 0) is 37.5 Å². The molecule has 2 aliphatic heterocycles. The summed E-state index contributed by atoms with van der Waals surface area (Å²) in [6.07, 6.45) is 3.73. The summed E-state index contributed by atoms with van der Waals surface area (Å²) in [7, 11) is 0. The average Bonchev–Trinajstić information content (AvgIpc) is 3.27. The number of benzene rings is 1. The molecule has 2 fully saturated rings. The lowest BCUT2D eigenvalue weighted by molar-refractivity contribution is 0.0603. The largest absolute Gasteiger partial charge is 0.390 e. The van der Waals surface area contributed by atoms with E-state index in [9.17, 15) is 5.11 Å². The third kappa shape index (κ3) is 3.68. The zero-order chi connectivity index (χ0) is 19.8. The molecule has 0 bridgehead atoms. The monoisotopic (exact) mass is 391 g/mol. The van der Waals surface area contributed by atoms with Crippen LogP contribution >= 0.6 is 0 Å². The van der Waals surface area contributed by atoms with Crippen molar-refractivity contribution < 1.29 is 5.11 Å². The second-order valence-corrected chi connectivity index (χ2v) is 8.46. The number of aryl methyl sites for hydroxylation is 1. The van der Waals surface area contributed by atoms with Gasteiger partial charge in [0, 0.05) is 51.0 Å². The van der Waals surface area contributed by atoms with Gasteiger partial charge in [0.05, 0.1) is 6.10 Å². The molecule has 4 heterocycles. The third-order valence-corrected chi connectivity index (χ3v) is 6.54. The summed E-state index contributed by atoms with van der Waals surface area (Å²) < 4.78 is 2.32. The van der Waals surface area contributed by atoms with Gasteiger partial charge in [-0.15, -0.1) is 0 Å². The predicted molar refractivity (Wildman–Crippen MR) is 114 cm³/mol. The number of pyridine rings is 1. The minimum Gasteiger partial charge on any atom is -0.390 e. The summed E-state index contributed by atoms with van der Waals surface area (Å²) in [5.74, 6) is 1.05. The summed E-state index contributed by atoms with van der Waals surface area (Å²) >= 11 is 0. The Hall–Kier alpha value is -2.28. The maximum atomic E-state index is 10.7. The van der Waals surface area contributed by atoms with Gasteiger partial charge < -0.3 is 9.67 Å². The number of β-amino-alcohol motifs (C(OH)–C–C–N with tert-alkyl or cyclic N) is 1. The SMILES string of the molecule is Cc1nc2cccnc2n1C1CCN(C2CN(Cc3ccccc3)CC2O)CC1. The number of likely N-dealkylation sites (tertiary alicyclic amines) is 2. The van der Waals surface area contributed by atoms with Gasteiger partial charge in [0.2, 0.25) is 0 Å². The molecule has 0 amide bonds. The maximum Gasteiger partial charge on any atom is 0.160 e. The second kappa shape index (κ2) is 7.86. The van der Waals surface area contributed by atoms with E-state index in [1.54, 1.807) is 0 Å². The van der Waals surface area contributed by atoms with Crippen LogP contribution < -0.4 is 0 Å². The molecule has 6 heteroatoms. The molecular formula is C23H29N5O. The van der Waals surface area contributed by atoms with Gasteiger partial charge in [0.15, 0.2) is 5.65 Å². The molecule has 2 atom stereocenters. The molecule has 2 saturated heterocycles. The first-order valence-corrected chi connectivity index (χ1v) is 10.7. The maximum absolute atomic E-state index is 10.7. The van der Waals surface area contributed by atoms with E-state index in [4.69, 9.17) is 0 Å². The Labute approximate surface area is 171 Å². The highest BCUT2D eigenvalue weighted by Crippen LogP contribution is 2.30. The van der Waals surface area contributed by atoms with Crippen molar-refractivity contribution in [2.75, 3.05) is 26.2 Å². The number of piperidine rings is 1. The lowest BCUT2D eigenvalue weighted by Gasteiger charge is -2.37. The summed E-state index contributed by atoms with van der Waals surface area (Å²) in [5.41, 5.74) is 3.29. The van der Waals surface area contributed by atoms with Crippen molar-refractivity contribution in [1.82, 2.24) is 24.3 Å². The Morgan fingerprint density at radius 2 is 1.83 bits per heavy atom. The van der Waals surface area contributed by atoms with Gasteiger partial charge in [0.25, 0.3) is 0 Å². The molecule has 29 heavy (non-hydrogen) atoms. The molecule has 6 nitrogen and oxygen atoms in total. The molecule has 0 aliphatic carbocycles. The smallest absolute Gasteiger partial charge is 0.160 e. The average molecular weight is 392 g/mol. The van der Waals surface area contributed by atoms with E-state index in [0.29, 0.717) is 6.04 Å². The van der Waals surface area contributed by atoms with Crippen LogP contribution in [0.3, 0.4) is 0 Å². The van der Waals surface area contributed by atoms with E-state index in [0.717, 1.165) is 62.6 Å². The van der Waals surface area contributed by atoms with Gasteiger partial charge in [-0.1, -0.05) is 30.3 Å². The van der Waals surface area contributed by atoms with Crippen molar-refractivity contribution in [3.63, 3.8) is 0 Å². The van der Waals surface area contributed by atoms with Crippen molar-refractivity contribution in [2.24, 2.45) is 0 Å². The molecule has 1 aromatic carbocycles. The van der Waals surface area contributed by atoms with E-state index in [2.05, 4.69) is 61.6 Å². The number of aliphatic hydroxyl groups excluding tert-OH is 1. The second-order valence-electron chi connectivity index (χ2n) is 8.46. The molecular weight excluding hydrogens is 362 g/mol. The van der Waals surface area contributed by atoms with Crippen molar-refractivity contribution in [1.29, 1.82) is 0 Å². The number of fused-ring (bicyclic) bond motifs is 1. The zero-order valence-corrected chi connectivity index (χ0v) is 17.0. The zero-order valence-electron chi connectivity index (χ0n) is 17.0. The number of hydrogen-bond donors (Lipinski definition) is 1. The lowest BCUT2D eigenvalue weighted by atomic mass is 10.0. The highest BCUT2D eigenvalue weighted by molar-refractivity contribution is 5.71. The first-order chi connectivity index (χ1) is 14.2. The van der Waals surface area contributed by atoms with Crippen LogP contribution in [0, 0.1) is 6.92 Å². The van der Waals surface area contributed by atoms with Gasteiger partial charge in [-0.25, -0.2) is 9.97 Å². The lowest BCUT2D eigenvalue weighted by Crippen LogP contribution is -2.47. The molecule has 2 unspecified atom stereocenters. The number of aliphatic hydroxyl groups is 1. The molecule has 5 rings (SSSR count). The van der Waals surface area contributed by atoms with Crippen LogP contribution in [0.4, 0.5) is 0 Å². The van der Waals surface area contributed by atoms with Crippen LogP contribution in [0.1, 0.15) is 30.3 Å². The number of nitrogens with zero attached hydrogens (tertiary/aromatic N) is 5. The van der Waals surface area contributed by atoms with Crippen molar-refractivity contribution in [3.8, 4) is 0 Å². The predicted octanol–water partition coefficient (Wildman–Crippen LogP) is 2.62. The van der Waals surface area contributed by atoms with Crippen molar-refractivity contribution in [2.45, 2.75) is 44.5 Å². The Morgan fingerprint density at radius 1 is 1.03 bits per heavy atom. The molecule has 0 radical (unpaired) electrons. The summed E-state index contributed by atoms with van der Waals surface area (Å²) in [6, 6.07) is 15.2. The Kier molecular flexibility index (Phi) is 5.08. The fourth-order valence-corrected chi connectivity index (χ4v) is 5.13. The molecule has 0 spiro atoms. The van der Waals surface area contributed by atoms with E-state index < -0.39 is 0 Å². The summed E-state index contributed by atoms with van der Waals surface area (Å²) in [4.78, 5) is 14.1. The highest BCUT2D eigenvalue weighted by Gasteiger charge is 2.37. The quantitative estimate of drug-likeness (QED) is 0.741. The van der Waals surface area contributed by atoms with Crippen LogP contribution in [-0.2, 0) is 6.54 Å². The van der Waals surface area contributed by atoms with E-state index >= 15 is 0 Å². The van der Waals surface area contributed by atoms with Crippen LogP contribution in [0.25, 0.3) is 11.2 Å².